The summed E-state index contributed by atoms with van der Waals surface area (Å²) in [6.45, 7) is 0. The molecule has 0 bridgehead atoms. The Morgan fingerprint density at radius 2 is 1.86 bits per heavy atom. The summed E-state index contributed by atoms with van der Waals surface area (Å²) in [6, 6.07) is 10.5. The highest BCUT2D eigenvalue weighted by Crippen LogP contribution is 2.40. The van der Waals surface area contributed by atoms with E-state index in [1.807, 2.05) is 24.3 Å². The van der Waals surface area contributed by atoms with Crippen molar-refractivity contribution in [1.82, 2.24) is 10.2 Å². The molecule has 4 nitrogen and oxygen atoms in total. The van der Waals surface area contributed by atoms with Crippen molar-refractivity contribution in [3.63, 3.8) is 0 Å². The van der Waals surface area contributed by atoms with Crippen molar-refractivity contribution in [1.29, 1.82) is 0 Å². The van der Waals surface area contributed by atoms with Crippen LogP contribution in [0, 0.1) is 0 Å². The number of nitrogens with one attached hydrogen (secondary N) is 1. The van der Waals surface area contributed by atoms with Crippen LogP contribution in [0.15, 0.2) is 47.1 Å². The van der Waals surface area contributed by atoms with Crippen LogP contribution in [-0.2, 0) is 0 Å². The number of nitrogens with zero attached hydrogens (tertiary/aromatic N) is 1. The van der Waals surface area contributed by atoms with Crippen molar-refractivity contribution in [2.45, 2.75) is 0 Å². The van der Waals surface area contributed by atoms with Crippen molar-refractivity contribution in [2.75, 3.05) is 0 Å². The van der Waals surface area contributed by atoms with Gasteiger partial charge < -0.3 is 10.2 Å². The summed E-state index contributed by atoms with van der Waals surface area (Å²) in [6.07, 6.45) is 1.68. The lowest BCUT2D eigenvalue weighted by molar-refractivity contribution is 0.452. The van der Waals surface area contributed by atoms with Gasteiger partial charge in [-0.3, -0.25) is 5.10 Å². The first-order valence-corrected chi connectivity index (χ1v) is 7.24. The lowest BCUT2D eigenvalue weighted by Gasteiger charge is -2.08. The summed E-state index contributed by atoms with van der Waals surface area (Å²) < 4.78 is 0.945. The number of rotatable bonds is 2. The zero-order chi connectivity index (χ0) is 15.0. The van der Waals surface area contributed by atoms with E-state index in [9.17, 15) is 10.2 Å². The van der Waals surface area contributed by atoms with Crippen LogP contribution < -0.4 is 0 Å². The van der Waals surface area contributed by atoms with Crippen LogP contribution in [0.4, 0.5) is 0 Å². The molecule has 0 aliphatic rings. The molecule has 0 spiro atoms. The number of halogens is 2. The Morgan fingerprint density at radius 1 is 1.05 bits per heavy atom. The Kier molecular flexibility index (Phi) is 3.61. The quantitative estimate of drug-likeness (QED) is 0.623. The third kappa shape index (κ3) is 2.62. The van der Waals surface area contributed by atoms with Crippen LogP contribution in [0.1, 0.15) is 0 Å². The van der Waals surface area contributed by atoms with Crippen LogP contribution in [0.3, 0.4) is 0 Å². The lowest BCUT2D eigenvalue weighted by atomic mass is 10.0. The second kappa shape index (κ2) is 5.42. The van der Waals surface area contributed by atoms with Gasteiger partial charge >= 0.3 is 0 Å². The molecule has 1 aromatic heterocycles. The molecule has 0 fully saturated rings. The van der Waals surface area contributed by atoms with E-state index in [0.717, 1.165) is 15.6 Å². The van der Waals surface area contributed by atoms with E-state index >= 15 is 0 Å². The standard InChI is InChI=1S/C15H10BrClN2O2/c16-9-3-1-2-8(4-9)11-7-18-19-15(11)10-5-12(17)14(21)6-13(10)20/h1-7,20-21H,(H,18,19). The number of hydrogen-bond acceptors (Lipinski definition) is 3. The molecule has 106 valence electrons. The van der Waals surface area contributed by atoms with E-state index in [1.54, 1.807) is 6.20 Å². The first-order valence-electron chi connectivity index (χ1n) is 6.07. The summed E-state index contributed by atoms with van der Waals surface area (Å²) in [5.41, 5.74) is 2.88. The summed E-state index contributed by atoms with van der Waals surface area (Å²) in [7, 11) is 0. The maximum absolute atomic E-state index is 10.0. The van der Waals surface area contributed by atoms with Gasteiger partial charge in [0, 0.05) is 21.7 Å². The van der Waals surface area contributed by atoms with Crippen molar-refractivity contribution in [2.24, 2.45) is 0 Å². The Morgan fingerprint density at radius 3 is 2.62 bits per heavy atom. The summed E-state index contributed by atoms with van der Waals surface area (Å²) in [5, 5.41) is 26.6. The fourth-order valence-corrected chi connectivity index (χ4v) is 2.68. The molecule has 21 heavy (non-hydrogen) atoms. The van der Waals surface area contributed by atoms with Gasteiger partial charge in [0.2, 0.25) is 0 Å². The molecular weight excluding hydrogens is 356 g/mol. The van der Waals surface area contributed by atoms with Gasteiger partial charge in [-0.15, -0.1) is 0 Å². The SMILES string of the molecule is Oc1cc(O)c(-c2[nH]ncc2-c2cccc(Br)c2)cc1Cl. The number of phenols is 2. The zero-order valence-electron chi connectivity index (χ0n) is 10.6. The molecule has 0 saturated carbocycles. The number of benzene rings is 2. The highest BCUT2D eigenvalue weighted by Gasteiger charge is 2.15. The van der Waals surface area contributed by atoms with Crippen LogP contribution in [0.5, 0.6) is 11.5 Å². The maximum Gasteiger partial charge on any atom is 0.137 e. The van der Waals surface area contributed by atoms with Crippen LogP contribution in [0.2, 0.25) is 5.02 Å². The number of aromatic hydroxyl groups is 2. The molecule has 0 unspecified atom stereocenters. The number of aromatic nitrogens is 2. The minimum Gasteiger partial charge on any atom is -0.507 e. The molecule has 1 heterocycles. The van der Waals surface area contributed by atoms with Crippen LogP contribution in [-0.4, -0.2) is 20.4 Å². The largest absolute Gasteiger partial charge is 0.507 e. The van der Waals surface area contributed by atoms with E-state index in [4.69, 9.17) is 11.6 Å². The zero-order valence-corrected chi connectivity index (χ0v) is 13.0. The van der Waals surface area contributed by atoms with Crippen molar-refractivity contribution in [3.05, 3.63) is 52.1 Å². The first-order chi connectivity index (χ1) is 10.1. The number of phenolic OH excluding ortho intramolecular Hbond substituents is 2. The second-order valence-corrected chi connectivity index (χ2v) is 5.81. The van der Waals surface area contributed by atoms with Gasteiger partial charge in [0.25, 0.3) is 0 Å². The van der Waals surface area contributed by atoms with Crippen molar-refractivity contribution < 1.29 is 10.2 Å². The number of hydrogen-bond donors (Lipinski definition) is 3. The molecule has 3 aromatic rings. The van der Waals surface area contributed by atoms with Gasteiger partial charge in [-0.2, -0.15) is 5.10 Å². The van der Waals surface area contributed by atoms with Crippen LogP contribution in [0.25, 0.3) is 22.4 Å². The van der Waals surface area contributed by atoms with E-state index < -0.39 is 0 Å². The molecule has 0 aliphatic heterocycles. The molecule has 0 saturated heterocycles. The molecule has 3 rings (SSSR count). The molecule has 0 radical (unpaired) electrons. The lowest BCUT2D eigenvalue weighted by Crippen LogP contribution is -1.85. The summed E-state index contributed by atoms with van der Waals surface area (Å²) >= 11 is 9.35. The van der Waals surface area contributed by atoms with Gasteiger partial charge in [0.1, 0.15) is 11.5 Å². The summed E-state index contributed by atoms with van der Waals surface area (Å²) in [5.74, 6) is -0.237. The monoisotopic (exact) mass is 364 g/mol. The fourth-order valence-electron chi connectivity index (χ4n) is 2.12. The predicted octanol–water partition coefficient (Wildman–Crippen LogP) is 4.57. The van der Waals surface area contributed by atoms with Crippen LogP contribution >= 0.6 is 27.5 Å². The normalized spacial score (nSPS) is 10.8. The van der Waals surface area contributed by atoms with Gasteiger partial charge in [-0.25, -0.2) is 0 Å². The minimum atomic E-state index is -0.165. The van der Waals surface area contributed by atoms with E-state index in [2.05, 4.69) is 26.1 Å². The first kappa shape index (κ1) is 14.0. The Bertz CT molecular complexity index is 817. The molecule has 3 N–H and O–H groups in total. The third-order valence-electron chi connectivity index (χ3n) is 3.11. The van der Waals surface area contributed by atoms with Crippen molar-refractivity contribution in [3.8, 4) is 33.9 Å². The number of aromatic amines is 1. The highest BCUT2D eigenvalue weighted by atomic mass is 79.9. The molecule has 0 amide bonds. The molecular formula is C15H10BrClN2O2. The number of H-pyrrole nitrogens is 1. The Balaban J connectivity index is 2.18. The van der Waals surface area contributed by atoms with E-state index in [-0.39, 0.29) is 16.5 Å². The molecule has 0 aliphatic carbocycles. The maximum atomic E-state index is 10.0. The molecule has 6 heteroatoms. The topological polar surface area (TPSA) is 69.1 Å². The second-order valence-electron chi connectivity index (χ2n) is 4.49. The van der Waals surface area contributed by atoms with E-state index in [0.29, 0.717) is 11.3 Å². The van der Waals surface area contributed by atoms with Gasteiger partial charge in [-0.05, 0) is 23.8 Å². The van der Waals surface area contributed by atoms with Gasteiger partial charge in [-0.1, -0.05) is 39.7 Å². The third-order valence-corrected chi connectivity index (χ3v) is 3.91. The molecule has 2 aromatic carbocycles. The predicted molar refractivity (Wildman–Crippen MR) is 85.5 cm³/mol. The van der Waals surface area contributed by atoms with E-state index in [1.165, 1.54) is 12.1 Å². The Hall–Kier alpha value is -1.98. The average Bonchev–Trinajstić information content (AvgIpc) is 2.92. The summed E-state index contributed by atoms with van der Waals surface area (Å²) in [4.78, 5) is 0. The smallest absolute Gasteiger partial charge is 0.137 e. The average molecular weight is 366 g/mol. The molecule has 0 atom stereocenters. The fraction of sp³-hybridized carbons (Fsp3) is 0. The minimum absolute atomic E-state index is 0.0719. The Labute approximate surface area is 134 Å². The van der Waals surface area contributed by atoms with Gasteiger partial charge in [0.15, 0.2) is 0 Å². The van der Waals surface area contributed by atoms with Gasteiger partial charge in [0.05, 0.1) is 16.9 Å². The highest BCUT2D eigenvalue weighted by molar-refractivity contribution is 9.10. The van der Waals surface area contributed by atoms with Crippen molar-refractivity contribution >= 4 is 27.5 Å².